The van der Waals surface area contributed by atoms with Crippen molar-refractivity contribution >= 4 is 5.78 Å². The molecule has 0 N–H and O–H groups in total. The van der Waals surface area contributed by atoms with E-state index in [1.165, 1.54) is 18.4 Å². The Labute approximate surface area is 168 Å². The van der Waals surface area contributed by atoms with Gasteiger partial charge in [0, 0.05) is 12.3 Å². The number of rotatable bonds is 1. The molecule has 5 rings (SSSR count). The number of hydrogen-bond acceptors (Lipinski definition) is 4. The molecule has 0 bridgehead atoms. The number of carbonyl (C=O) groups excluding carboxylic acids is 1. The van der Waals surface area contributed by atoms with Crippen LogP contribution in [0, 0.1) is 51.8 Å². The lowest BCUT2D eigenvalue weighted by Gasteiger charge is -2.58. The fourth-order valence-corrected chi connectivity index (χ4v) is 8.41. The average Bonchev–Trinajstić information content (AvgIpc) is 3.23. The van der Waals surface area contributed by atoms with Gasteiger partial charge in [0.05, 0.1) is 25.2 Å². The van der Waals surface area contributed by atoms with Crippen molar-refractivity contribution in [2.45, 2.75) is 71.5 Å². The van der Waals surface area contributed by atoms with Gasteiger partial charge in [0.1, 0.15) is 0 Å². The number of allylic oxidation sites excluding steroid dienone is 1. The molecule has 5 aliphatic rings. The summed E-state index contributed by atoms with van der Waals surface area (Å²) in [5.74, 6) is 1.72. The Morgan fingerprint density at radius 1 is 1.07 bits per heavy atom. The van der Waals surface area contributed by atoms with Crippen LogP contribution in [0.4, 0.5) is 0 Å². The van der Waals surface area contributed by atoms with Crippen molar-refractivity contribution in [2.24, 2.45) is 40.4 Å². The smallest absolute Gasteiger partial charge is 0.170 e. The molecule has 3 saturated carbocycles. The van der Waals surface area contributed by atoms with Crippen molar-refractivity contribution in [3.63, 3.8) is 0 Å². The summed E-state index contributed by atoms with van der Waals surface area (Å²) in [6.45, 7) is 8.19. The highest BCUT2D eigenvalue weighted by Gasteiger charge is 2.66. The van der Waals surface area contributed by atoms with E-state index in [-0.39, 0.29) is 22.7 Å². The molecule has 0 unspecified atom stereocenters. The molecule has 0 aromatic heterocycles. The summed E-state index contributed by atoms with van der Waals surface area (Å²) in [6.07, 6.45) is 9.24. The van der Waals surface area contributed by atoms with Crippen LogP contribution in [-0.4, -0.2) is 24.8 Å². The molecule has 28 heavy (non-hydrogen) atoms. The van der Waals surface area contributed by atoms with Gasteiger partial charge in [-0.15, -0.1) is 0 Å². The van der Waals surface area contributed by atoms with Crippen LogP contribution < -0.4 is 0 Å². The van der Waals surface area contributed by atoms with Gasteiger partial charge >= 0.3 is 0 Å². The van der Waals surface area contributed by atoms with E-state index < -0.39 is 5.79 Å². The van der Waals surface area contributed by atoms with Crippen LogP contribution in [0.2, 0.25) is 0 Å². The Kier molecular flexibility index (Phi) is 4.14. The minimum absolute atomic E-state index is 0.00882. The number of fused-ring (bicyclic) bond motifs is 5. The van der Waals surface area contributed by atoms with Crippen LogP contribution in [0.3, 0.4) is 0 Å². The Morgan fingerprint density at radius 3 is 2.54 bits per heavy atom. The van der Waals surface area contributed by atoms with Crippen molar-refractivity contribution in [3.05, 3.63) is 11.6 Å². The molecule has 1 heterocycles. The predicted octanol–water partition coefficient (Wildman–Crippen LogP) is 4.65. The molecule has 0 radical (unpaired) electrons. The van der Waals surface area contributed by atoms with Gasteiger partial charge in [-0.1, -0.05) is 19.4 Å². The maximum atomic E-state index is 12.0. The highest BCUT2D eigenvalue weighted by Crippen LogP contribution is 2.69. The van der Waals surface area contributed by atoms with Gasteiger partial charge in [-0.05, 0) is 80.1 Å². The van der Waals surface area contributed by atoms with E-state index >= 15 is 0 Å². The Hall–Kier alpha value is -1.18. The molecular formula is C24H33NO3. The summed E-state index contributed by atoms with van der Waals surface area (Å²) in [6, 6.07) is 2.65. The van der Waals surface area contributed by atoms with Crippen molar-refractivity contribution in [3.8, 4) is 6.07 Å². The monoisotopic (exact) mass is 383 g/mol. The van der Waals surface area contributed by atoms with Crippen LogP contribution in [0.25, 0.3) is 0 Å². The standard InChI is InChI=1S/C24H33NO3/c1-22-8-6-17(26)13-16(22)4-5-18-19(22)7-9-23(2)20(18)12-15(14-25)21(23)24(3)27-10-11-28-24/h13,15,18-21H,4-12H2,1-3H3/t15-,18+,19-,20+,21+,22-,23+/m0/s1. The summed E-state index contributed by atoms with van der Waals surface area (Å²) in [5.41, 5.74) is 1.69. The second-order valence-electron chi connectivity index (χ2n) is 10.7. The third-order valence-corrected chi connectivity index (χ3v) is 9.61. The summed E-state index contributed by atoms with van der Waals surface area (Å²) in [4.78, 5) is 12.0. The van der Waals surface area contributed by atoms with Gasteiger partial charge in [0.15, 0.2) is 11.6 Å². The summed E-state index contributed by atoms with van der Waals surface area (Å²) in [5, 5.41) is 10.0. The van der Waals surface area contributed by atoms with E-state index in [9.17, 15) is 10.1 Å². The van der Waals surface area contributed by atoms with Gasteiger partial charge in [-0.3, -0.25) is 4.79 Å². The summed E-state index contributed by atoms with van der Waals surface area (Å²) < 4.78 is 12.2. The van der Waals surface area contributed by atoms with E-state index in [0.717, 1.165) is 25.7 Å². The first-order valence-electron chi connectivity index (χ1n) is 11.2. The minimum atomic E-state index is -0.613. The number of nitriles is 1. The molecule has 7 atom stereocenters. The third-order valence-electron chi connectivity index (χ3n) is 9.61. The fourth-order valence-electron chi connectivity index (χ4n) is 8.41. The summed E-state index contributed by atoms with van der Waals surface area (Å²) in [7, 11) is 0. The molecule has 1 saturated heterocycles. The number of ether oxygens (including phenoxy) is 2. The first-order valence-corrected chi connectivity index (χ1v) is 11.2. The maximum absolute atomic E-state index is 12.0. The third kappa shape index (κ3) is 2.39. The number of ketones is 1. The van der Waals surface area contributed by atoms with Crippen molar-refractivity contribution in [2.75, 3.05) is 13.2 Å². The topological polar surface area (TPSA) is 59.3 Å². The molecule has 0 aromatic rings. The van der Waals surface area contributed by atoms with Crippen LogP contribution in [0.15, 0.2) is 11.6 Å². The van der Waals surface area contributed by atoms with E-state index in [2.05, 4.69) is 26.8 Å². The van der Waals surface area contributed by atoms with Gasteiger partial charge in [-0.2, -0.15) is 5.26 Å². The second kappa shape index (κ2) is 6.16. The number of hydrogen-bond donors (Lipinski definition) is 0. The highest BCUT2D eigenvalue weighted by atomic mass is 16.7. The zero-order chi connectivity index (χ0) is 19.7. The molecule has 152 valence electrons. The zero-order valence-electron chi connectivity index (χ0n) is 17.5. The Morgan fingerprint density at radius 2 is 1.82 bits per heavy atom. The van der Waals surface area contributed by atoms with Gasteiger partial charge in [0.2, 0.25) is 0 Å². The van der Waals surface area contributed by atoms with Gasteiger partial charge in [0.25, 0.3) is 0 Å². The van der Waals surface area contributed by atoms with Crippen molar-refractivity contribution in [1.82, 2.24) is 0 Å². The maximum Gasteiger partial charge on any atom is 0.170 e. The molecule has 0 spiro atoms. The zero-order valence-corrected chi connectivity index (χ0v) is 17.5. The van der Waals surface area contributed by atoms with Crippen molar-refractivity contribution in [1.29, 1.82) is 5.26 Å². The molecule has 4 nitrogen and oxygen atoms in total. The second-order valence-corrected chi connectivity index (χ2v) is 10.7. The fraction of sp³-hybridized carbons (Fsp3) is 0.833. The van der Waals surface area contributed by atoms with E-state index in [1.807, 2.05) is 6.08 Å². The number of carbonyl (C=O) groups is 1. The normalized spacial score (nSPS) is 49.6. The largest absolute Gasteiger partial charge is 0.347 e. The predicted molar refractivity (Wildman–Crippen MR) is 105 cm³/mol. The van der Waals surface area contributed by atoms with Gasteiger partial charge in [-0.25, -0.2) is 0 Å². The van der Waals surface area contributed by atoms with Crippen LogP contribution in [0.1, 0.15) is 65.7 Å². The molecule has 4 fully saturated rings. The van der Waals surface area contributed by atoms with Crippen LogP contribution in [-0.2, 0) is 14.3 Å². The first-order chi connectivity index (χ1) is 13.3. The molecule has 4 aliphatic carbocycles. The van der Waals surface area contributed by atoms with Crippen LogP contribution in [0.5, 0.6) is 0 Å². The Balaban J connectivity index is 1.50. The molecular weight excluding hydrogens is 350 g/mol. The lowest BCUT2D eigenvalue weighted by atomic mass is 9.46. The number of nitrogens with zero attached hydrogens (tertiary/aromatic N) is 1. The molecule has 0 aromatic carbocycles. The lowest BCUT2D eigenvalue weighted by molar-refractivity contribution is -0.220. The van der Waals surface area contributed by atoms with Gasteiger partial charge < -0.3 is 9.47 Å². The molecule has 1 aliphatic heterocycles. The lowest BCUT2D eigenvalue weighted by Crippen LogP contribution is -2.53. The summed E-state index contributed by atoms with van der Waals surface area (Å²) >= 11 is 0. The Bertz CT molecular complexity index is 760. The molecule has 0 amide bonds. The van der Waals surface area contributed by atoms with E-state index in [1.54, 1.807) is 0 Å². The first kappa shape index (κ1) is 18.8. The molecule has 4 heteroatoms. The van der Waals surface area contributed by atoms with E-state index in [4.69, 9.17) is 9.47 Å². The van der Waals surface area contributed by atoms with Crippen LogP contribution >= 0.6 is 0 Å². The minimum Gasteiger partial charge on any atom is -0.347 e. The SMILES string of the molecule is CC1([C@@H]2[C@H](C#N)C[C@@H]3[C@@H]4CCC5=CC(=O)CC[C@]5(C)[C@H]4CC[C@]32C)OCCO1. The quantitative estimate of drug-likeness (QED) is 0.661. The van der Waals surface area contributed by atoms with E-state index in [0.29, 0.717) is 43.2 Å². The van der Waals surface area contributed by atoms with Crippen molar-refractivity contribution < 1.29 is 14.3 Å². The highest BCUT2D eigenvalue weighted by molar-refractivity contribution is 5.91. The average molecular weight is 384 g/mol.